The summed E-state index contributed by atoms with van der Waals surface area (Å²) in [6, 6.07) is 59.1. The van der Waals surface area contributed by atoms with Crippen molar-refractivity contribution in [1.82, 2.24) is 19.5 Å². The number of aliphatic hydroxyl groups excluding tert-OH is 1. The highest BCUT2D eigenvalue weighted by Gasteiger charge is 2.61. The predicted octanol–water partition coefficient (Wildman–Crippen LogP) is 9.16. The van der Waals surface area contributed by atoms with Gasteiger partial charge in [-0.3, -0.25) is 0 Å². The normalized spacial score (nSPS) is 25.8. The molecule has 3 aliphatic heterocycles. The molecule has 0 spiro atoms. The number of fused-ring (bicyclic) bond motifs is 11. The summed E-state index contributed by atoms with van der Waals surface area (Å²) >= 11 is 0. The Hall–Kier alpha value is -7.34. The first kappa shape index (κ1) is 48.6. The zero-order valence-corrected chi connectivity index (χ0v) is 41.4. The van der Waals surface area contributed by atoms with Gasteiger partial charge in [0, 0.05) is 5.92 Å². The van der Waals surface area contributed by atoms with Crippen molar-refractivity contribution in [3.63, 3.8) is 0 Å². The predicted molar refractivity (Wildman–Crippen MR) is 276 cm³/mol. The van der Waals surface area contributed by atoms with E-state index in [4.69, 9.17) is 52.8 Å². The number of hydrogen-bond donors (Lipinski definition) is 2. The van der Waals surface area contributed by atoms with E-state index in [1.54, 1.807) is 28.8 Å². The molecular weight excluding hydrogens is 951 g/mol. The molecule has 2 N–H and O–H groups in total. The molecule has 15 nitrogen and oxygen atoms in total. The summed E-state index contributed by atoms with van der Waals surface area (Å²) in [6.07, 6.45) is -7.92. The molecule has 8 aromatic rings. The van der Waals surface area contributed by atoms with Crippen LogP contribution in [0.2, 0.25) is 0 Å². The van der Waals surface area contributed by atoms with Crippen LogP contribution in [0.5, 0.6) is 6.01 Å². The van der Waals surface area contributed by atoms with Gasteiger partial charge in [-0.15, -0.1) is 0 Å². The summed E-state index contributed by atoms with van der Waals surface area (Å²) in [5, 5.41) is 16.5. The number of anilines is 1. The van der Waals surface area contributed by atoms with Crippen LogP contribution < -0.4 is 10.1 Å². The third-order valence-electron chi connectivity index (χ3n) is 14.5. The lowest BCUT2D eigenvalue weighted by Gasteiger charge is -2.46. The number of aromatic nitrogens is 4. The number of ether oxygens (including phenoxy) is 8. The minimum absolute atomic E-state index is 0.0736. The lowest BCUT2D eigenvalue weighted by atomic mass is 9.77. The second-order valence-electron chi connectivity index (χ2n) is 19.8. The van der Waals surface area contributed by atoms with Gasteiger partial charge in [-0.25, -0.2) is 19.3 Å². The van der Waals surface area contributed by atoms with Gasteiger partial charge in [0.2, 0.25) is 0 Å². The molecule has 5 heterocycles. The monoisotopic (exact) mass is 1010 g/mol. The number of benzene rings is 6. The summed E-state index contributed by atoms with van der Waals surface area (Å²) in [5.74, 6) is -1.77. The zero-order chi connectivity index (χ0) is 50.9. The van der Waals surface area contributed by atoms with Crippen LogP contribution in [0.1, 0.15) is 64.7 Å². The molecule has 75 heavy (non-hydrogen) atoms. The van der Waals surface area contributed by atoms with Crippen LogP contribution in [0.25, 0.3) is 11.2 Å². The van der Waals surface area contributed by atoms with Crippen molar-refractivity contribution in [2.45, 2.75) is 100 Å². The Labute approximate surface area is 434 Å². The van der Waals surface area contributed by atoms with Crippen LogP contribution in [0.15, 0.2) is 188 Å². The lowest BCUT2D eigenvalue weighted by molar-refractivity contribution is -0.283. The van der Waals surface area contributed by atoms with Gasteiger partial charge in [-0.05, 0) is 60.2 Å². The third-order valence-corrected chi connectivity index (χ3v) is 14.5. The second-order valence-corrected chi connectivity index (χ2v) is 19.8. The quantitative estimate of drug-likeness (QED) is 0.0782. The topological polar surface area (TPSA) is 167 Å². The van der Waals surface area contributed by atoms with Crippen molar-refractivity contribution >= 4 is 23.0 Å². The van der Waals surface area contributed by atoms with E-state index in [-0.39, 0.29) is 25.6 Å². The molecule has 1 aliphatic carbocycles. The van der Waals surface area contributed by atoms with E-state index < -0.39 is 78.5 Å². The van der Waals surface area contributed by atoms with Crippen molar-refractivity contribution in [3.05, 3.63) is 222 Å². The molecule has 1 saturated carbocycles. The molecule has 2 aromatic heterocycles. The van der Waals surface area contributed by atoms with E-state index in [0.717, 1.165) is 27.8 Å². The molecule has 4 bridgehead atoms. The molecule has 382 valence electrons. The second kappa shape index (κ2) is 20.8. The van der Waals surface area contributed by atoms with E-state index in [1.165, 1.54) is 6.33 Å². The Kier molecular flexibility index (Phi) is 13.4. The minimum atomic E-state index is -1.66. The molecule has 2 saturated heterocycles. The fourth-order valence-corrected chi connectivity index (χ4v) is 11.1. The van der Waals surface area contributed by atoms with Crippen LogP contribution in [0.3, 0.4) is 0 Å². The molecule has 6 aromatic carbocycles. The minimum Gasteiger partial charge on any atom is -0.457 e. The van der Waals surface area contributed by atoms with Gasteiger partial charge in [-0.1, -0.05) is 170 Å². The number of hydrogen-bond acceptors (Lipinski definition) is 14. The van der Waals surface area contributed by atoms with Crippen molar-refractivity contribution in [2.24, 2.45) is 5.92 Å². The summed E-state index contributed by atoms with van der Waals surface area (Å²) in [6.45, 7) is 4.32. The first-order chi connectivity index (χ1) is 36.7. The van der Waals surface area contributed by atoms with Crippen molar-refractivity contribution in [1.29, 1.82) is 0 Å². The van der Waals surface area contributed by atoms with Crippen molar-refractivity contribution < 1.29 is 47.8 Å². The summed E-state index contributed by atoms with van der Waals surface area (Å²) in [5.41, 5.74) is 4.76. The average Bonchev–Trinajstić information content (AvgIpc) is 4.17. The Bertz CT molecular complexity index is 3100. The fraction of sp³-hybridized carbons (Fsp3) is 0.300. The highest BCUT2D eigenvalue weighted by Crippen LogP contribution is 2.49. The molecule has 12 rings (SSSR count). The van der Waals surface area contributed by atoms with E-state index in [2.05, 4.69) is 41.7 Å². The molecule has 0 radical (unpaired) electrons. The number of nitrogens with zero attached hydrogens (tertiary/aromatic N) is 4. The van der Waals surface area contributed by atoms with E-state index in [1.807, 2.05) is 135 Å². The average molecular weight is 1010 g/mol. The number of nitrogens with one attached hydrogen (secondary N) is 1. The van der Waals surface area contributed by atoms with Gasteiger partial charge in [0.1, 0.15) is 42.4 Å². The van der Waals surface area contributed by atoms with Gasteiger partial charge in [0.25, 0.3) is 0 Å². The molecule has 1 unspecified atom stereocenters. The standard InChI is InChI=1S/C60H57N5O10/c1-59(2)74-50-51(75-59)55-65-54-46(53(61-37-62-54)64-60(42-27-15-6-16-28-42,43-29-17-7-18-30-43)44-31-19-8-20-32-44)63-58(65)70-45-33-41(36-68-34-38-21-9-3-10-22-38)47(69-35-39-23-11-4-12-24-39)49(73-57(67)52(50)71-55)48(45)72-56(66)40-25-13-5-14-26-40/h3-32,37,41,45,47-52,55,57,67H,33-36H2,1-2H3,(H,61,62,64)/t41-,45+,47-,48-,49-,50-,51+,52+,55-,57?/m1/s1. The Morgan fingerprint density at radius 3 is 1.85 bits per heavy atom. The van der Waals surface area contributed by atoms with Gasteiger partial charge in [0.05, 0.1) is 31.5 Å². The molecule has 3 fully saturated rings. The fourth-order valence-electron chi connectivity index (χ4n) is 11.1. The van der Waals surface area contributed by atoms with Crippen LogP contribution in [-0.2, 0) is 51.9 Å². The van der Waals surface area contributed by atoms with Gasteiger partial charge in [-0.2, -0.15) is 4.98 Å². The van der Waals surface area contributed by atoms with Crippen molar-refractivity contribution in [3.8, 4) is 6.01 Å². The molecule has 10 atom stereocenters. The lowest BCUT2D eigenvalue weighted by Crippen LogP contribution is -2.61. The van der Waals surface area contributed by atoms with Crippen molar-refractivity contribution in [2.75, 3.05) is 11.9 Å². The summed E-state index contributed by atoms with van der Waals surface area (Å²) in [7, 11) is 0. The van der Waals surface area contributed by atoms with E-state index >= 15 is 0 Å². The Morgan fingerprint density at radius 1 is 0.680 bits per heavy atom. The number of imidazole rings is 1. The maximum absolute atomic E-state index is 14.4. The maximum Gasteiger partial charge on any atom is 0.338 e. The molecular formula is C60H57N5O10. The number of rotatable bonds is 14. The molecule has 4 aliphatic rings. The third kappa shape index (κ3) is 9.57. The first-order valence-electron chi connectivity index (χ1n) is 25.4. The zero-order valence-electron chi connectivity index (χ0n) is 41.4. The van der Waals surface area contributed by atoms with Gasteiger partial charge in [0.15, 0.2) is 41.4 Å². The molecule has 15 heteroatoms. The number of carbonyl (C=O) groups is 1. The van der Waals surface area contributed by atoms with E-state index in [0.29, 0.717) is 29.2 Å². The van der Waals surface area contributed by atoms with E-state index in [9.17, 15) is 9.90 Å². The number of aliphatic hydroxyl groups is 1. The van der Waals surface area contributed by atoms with Crippen LogP contribution in [-0.4, -0.2) is 92.0 Å². The summed E-state index contributed by atoms with van der Waals surface area (Å²) < 4.78 is 56.1. The largest absolute Gasteiger partial charge is 0.457 e. The number of carbonyl (C=O) groups excluding carboxylic acids is 1. The maximum atomic E-state index is 14.4. The number of esters is 1. The SMILES string of the molecule is CC1(C)O[C@@H]2[C@H](O1)[C@H]1O[C@@H]2C(O)O[C@@H]2[C@H](OCc3ccccc3)[C@@H](COCc3ccccc3)C[C@H](Oc3nc4c(NC(c5ccccc5)(c5ccccc5)c5ccccc5)ncnc4n31)[C@H]2OC(=O)c1ccccc1. The summed E-state index contributed by atoms with van der Waals surface area (Å²) in [4.78, 5) is 29.6. The van der Waals surface area contributed by atoms with Crippen LogP contribution in [0.4, 0.5) is 5.82 Å². The van der Waals surface area contributed by atoms with Crippen LogP contribution in [0, 0.1) is 5.92 Å². The highest BCUT2D eigenvalue weighted by atomic mass is 16.8. The highest BCUT2D eigenvalue weighted by molar-refractivity contribution is 5.89. The Morgan fingerprint density at radius 2 is 1.24 bits per heavy atom. The van der Waals surface area contributed by atoms with Gasteiger partial charge < -0.3 is 48.3 Å². The van der Waals surface area contributed by atoms with Crippen LogP contribution >= 0.6 is 0 Å². The smallest absolute Gasteiger partial charge is 0.338 e. The first-order valence-corrected chi connectivity index (χ1v) is 25.4. The Balaban J connectivity index is 1.02. The van der Waals surface area contributed by atoms with Gasteiger partial charge >= 0.3 is 12.0 Å². The molecule has 0 amide bonds.